The van der Waals surface area contributed by atoms with Crippen molar-refractivity contribution in [2.45, 2.75) is 155 Å². The van der Waals surface area contributed by atoms with Crippen molar-refractivity contribution >= 4 is 5.97 Å². The van der Waals surface area contributed by atoms with E-state index in [0.717, 1.165) is 25.9 Å². The number of carbonyl (C=O) groups is 1. The summed E-state index contributed by atoms with van der Waals surface area (Å²) in [5.41, 5.74) is 0. The Balaban J connectivity index is 3.13. The first-order valence-corrected chi connectivity index (χ1v) is 20.5. The van der Waals surface area contributed by atoms with Crippen LogP contribution in [0.3, 0.4) is 0 Å². The summed E-state index contributed by atoms with van der Waals surface area (Å²) in [5, 5.41) is 0. The van der Waals surface area contributed by atoms with Gasteiger partial charge in [0.2, 0.25) is 0 Å². The predicted molar refractivity (Wildman–Crippen MR) is 200 cm³/mol. The average molecular weight is 705 g/mol. The molecule has 0 rings (SSSR count). The van der Waals surface area contributed by atoms with Crippen molar-refractivity contribution in [1.82, 2.24) is 0 Å². The van der Waals surface area contributed by atoms with Gasteiger partial charge in [0.1, 0.15) is 6.61 Å². The molecule has 0 aliphatic rings. The molecule has 0 spiro atoms. The summed E-state index contributed by atoms with van der Waals surface area (Å²) in [7, 11) is 0. The summed E-state index contributed by atoms with van der Waals surface area (Å²) in [6.45, 7) is 12.5. The maximum Gasteiger partial charge on any atom is 0.305 e. The van der Waals surface area contributed by atoms with Crippen molar-refractivity contribution in [3.8, 4) is 0 Å². The van der Waals surface area contributed by atoms with Gasteiger partial charge in [-0.1, -0.05) is 136 Å². The lowest BCUT2D eigenvalue weighted by Gasteiger charge is -2.09. The van der Waals surface area contributed by atoms with Crippen LogP contribution in [0.25, 0.3) is 0 Å². The van der Waals surface area contributed by atoms with Crippen LogP contribution in [0, 0.1) is 0 Å². The van der Waals surface area contributed by atoms with Crippen LogP contribution in [-0.2, 0) is 42.7 Å². The third kappa shape index (κ3) is 45.2. The Hall–Kier alpha value is -0.810. The fourth-order valence-electron chi connectivity index (χ4n) is 5.33. The lowest BCUT2D eigenvalue weighted by molar-refractivity contribution is -0.145. The SMILES string of the molecule is CCCCCCCCCCCCCCCCCC(=O)OCCOCCOCCOCCOCCOCCOCCOCCCCCCCC. The number of esters is 1. The fourth-order valence-corrected chi connectivity index (χ4v) is 5.33. The highest BCUT2D eigenvalue weighted by Gasteiger charge is 2.03. The van der Waals surface area contributed by atoms with Gasteiger partial charge in [-0.2, -0.15) is 0 Å². The van der Waals surface area contributed by atoms with E-state index in [1.807, 2.05) is 0 Å². The summed E-state index contributed by atoms with van der Waals surface area (Å²) in [5.74, 6) is -0.122. The zero-order valence-corrected chi connectivity index (χ0v) is 32.3. The molecule has 9 nitrogen and oxygen atoms in total. The third-order valence-corrected chi connectivity index (χ3v) is 8.35. The number of hydrogen-bond donors (Lipinski definition) is 0. The molecule has 0 aromatic heterocycles. The van der Waals surface area contributed by atoms with Crippen LogP contribution in [0.15, 0.2) is 0 Å². The first-order chi connectivity index (χ1) is 24.3. The second-order valence-electron chi connectivity index (χ2n) is 13.0. The molecule has 0 amide bonds. The molecule has 0 aliphatic carbocycles. The molecular formula is C40H80O9. The largest absolute Gasteiger partial charge is 0.463 e. The molecular weight excluding hydrogens is 624 g/mol. The molecule has 0 aliphatic heterocycles. The number of ether oxygens (including phenoxy) is 8. The first-order valence-electron chi connectivity index (χ1n) is 20.5. The number of carbonyl (C=O) groups excluding carboxylic acids is 1. The third-order valence-electron chi connectivity index (χ3n) is 8.35. The highest BCUT2D eigenvalue weighted by molar-refractivity contribution is 5.69. The maximum atomic E-state index is 11.9. The molecule has 294 valence electrons. The Kier molecular flexibility index (Phi) is 44.5. The van der Waals surface area contributed by atoms with Gasteiger partial charge in [-0.25, -0.2) is 0 Å². The van der Waals surface area contributed by atoms with Crippen LogP contribution in [0.5, 0.6) is 0 Å². The summed E-state index contributed by atoms with van der Waals surface area (Å²) >= 11 is 0. The van der Waals surface area contributed by atoms with Crippen molar-refractivity contribution in [3.63, 3.8) is 0 Å². The zero-order chi connectivity index (χ0) is 35.4. The number of unbranched alkanes of at least 4 members (excludes halogenated alkanes) is 19. The summed E-state index contributed by atoms with van der Waals surface area (Å²) in [4.78, 5) is 11.9. The summed E-state index contributed by atoms with van der Waals surface area (Å²) in [6, 6.07) is 0. The molecule has 0 fully saturated rings. The summed E-state index contributed by atoms with van der Waals surface area (Å²) in [6.07, 6.45) is 28.0. The Morgan fingerprint density at radius 2 is 0.531 bits per heavy atom. The predicted octanol–water partition coefficient (Wildman–Crippen LogP) is 9.27. The average Bonchev–Trinajstić information content (AvgIpc) is 3.11. The quantitative estimate of drug-likeness (QED) is 0.0455. The minimum absolute atomic E-state index is 0.122. The van der Waals surface area contributed by atoms with Crippen molar-refractivity contribution in [2.24, 2.45) is 0 Å². The molecule has 9 heteroatoms. The van der Waals surface area contributed by atoms with E-state index in [2.05, 4.69) is 13.8 Å². The second kappa shape index (κ2) is 45.2. The first kappa shape index (κ1) is 48.2. The van der Waals surface area contributed by atoms with Gasteiger partial charge in [0, 0.05) is 13.0 Å². The van der Waals surface area contributed by atoms with Gasteiger partial charge in [0.25, 0.3) is 0 Å². The lowest BCUT2D eigenvalue weighted by Crippen LogP contribution is -2.15. The standard InChI is InChI=1S/C40H80O9/c1-3-5-7-9-11-12-13-14-15-16-17-18-19-20-22-24-40(41)49-39-38-48-37-36-47-35-34-46-33-32-45-31-30-44-29-28-43-27-26-42-25-23-21-10-8-6-4-2/h3-39H2,1-2H3. The van der Waals surface area contributed by atoms with Gasteiger partial charge in [-0.05, 0) is 12.8 Å². The molecule has 0 N–H and O–H groups in total. The number of hydrogen-bond acceptors (Lipinski definition) is 9. The second-order valence-corrected chi connectivity index (χ2v) is 13.0. The van der Waals surface area contributed by atoms with Gasteiger partial charge in [0.15, 0.2) is 0 Å². The van der Waals surface area contributed by atoms with Crippen LogP contribution in [0.2, 0.25) is 0 Å². The van der Waals surface area contributed by atoms with E-state index < -0.39 is 0 Å². The Morgan fingerprint density at radius 3 is 0.857 bits per heavy atom. The van der Waals surface area contributed by atoms with Crippen LogP contribution in [0.1, 0.15) is 155 Å². The van der Waals surface area contributed by atoms with Crippen molar-refractivity contribution in [1.29, 1.82) is 0 Å². The highest BCUT2D eigenvalue weighted by Crippen LogP contribution is 2.14. The smallest absolute Gasteiger partial charge is 0.305 e. The molecule has 0 saturated carbocycles. The van der Waals surface area contributed by atoms with Gasteiger partial charge in [0.05, 0.1) is 85.9 Å². The number of rotatable bonds is 44. The minimum Gasteiger partial charge on any atom is -0.463 e. The van der Waals surface area contributed by atoms with Crippen LogP contribution < -0.4 is 0 Å². The van der Waals surface area contributed by atoms with E-state index in [1.165, 1.54) is 116 Å². The van der Waals surface area contributed by atoms with Crippen molar-refractivity contribution in [3.05, 3.63) is 0 Å². The Morgan fingerprint density at radius 1 is 0.286 bits per heavy atom. The summed E-state index contributed by atoms with van der Waals surface area (Å²) < 4.78 is 43.9. The highest BCUT2D eigenvalue weighted by atomic mass is 16.6. The fraction of sp³-hybridized carbons (Fsp3) is 0.975. The molecule has 0 aromatic carbocycles. The van der Waals surface area contributed by atoms with Crippen LogP contribution in [0.4, 0.5) is 0 Å². The Labute approximate surface area is 302 Å². The van der Waals surface area contributed by atoms with E-state index >= 15 is 0 Å². The molecule has 0 bridgehead atoms. The van der Waals surface area contributed by atoms with Crippen molar-refractivity contribution < 1.29 is 42.7 Å². The molecule has 0 radical (unpaired) electrons. The molecule has 0 aromatic rings. The van der Waals surface area contributed by atoms with Gasteiger partial charge in [-0.15, -0.1) is 0 Å². The van der Waals surface area contributed by atoms with E-state index in [0.29, 0.717) is 98.9 Å². The van der Waals surface area contributed by atoms with Crippen LogP contribution >= 0.6 is 0 Å². The van der Waals surface area contributed by atoms with Gasteiger partial charge < -0.3 is 37.9 Å². The monoisotopic (exact) mass is 705 g/mol. The molecule has 49 heavy (non-hydrogen) atoms. The van der Waals surface area contributed by atoms with E-state index in [4.69, 9.17) is 37.9 Å². The lowest BCUT2D eigenvalue weighted by atomic mass is 10.0. The normalized spacial score (nSPS) is 11.5. The molecule has 0 heterocycles. The van der Waals surface area contributed by atoms with Gasteiger partial charge in [-0.3, -0.25) is 4.79 Å². The van der Waals surface area contributed by atoms with E-state index in [-0.39, 0.29) is 5.97 Å². The minimum atomic E-state index is -0.122. The van der Waals surface area contributed by atoms with E-state index in [1.54, 1.807) is 0 Å². The zero-order valence-electron chi connectivity index (χ0n) is 32.3. The molecule has 0 atom stereocenters. The van der Waals surface area contributed by atoms with Gasteiger partial charge >= 0.3 is 5.97 Å². The molecule has 0 unspecified atom stereocenters. The van der Waals surface area contributed by atoms with Crippen LogP contribution in [-0.4, -0.2) is 105 Å². The maximum absolute atomic E-state index is 11.9. The van der Waals surface area contributed by atoms with E-state index in [9.17, 15) is 4.79 Å². The molecule has 0 saturated heterocycles. The Bertz CT molecular complexity index is 608. The van der Waals surface area contributed by atoms with Crippen molar-refractivity contribution in [2.75, 3.05) is 99.1 Å². The topological polar surface area (TPSA) is 90.9 Å².